The molecule has 1 rings (SSSR count). The van der Waals surface area contributed by atoms with E-state index in [-0.39, 0.29) is 25.7 Å². The van der Waals surface area contributed by atoms with Crippen molar-refractivity contribution in [3.63, 3.8) is 0 Å². The van der Waals surface area contributed by atoms with Gasteiger partial charge in [0.25, 0.3) is 0 Å². The van der Waals surface area contributed by atoms with E-state index in [2.05, 4.69) is 0 Å². The van der Waals surface area contributed by atoms with Gasteiger partial charge in [-0.2, -0.15) is 18.4 Å². The highest BCUT2D eigenvalue weighted by Gasteiger charge is 2.57. The zero-order valence-corrected chi connectivity index (χ0v) is 6.62. The van der Waals surface area contributed by atoms with Crippen molar-refractivity contribution >= 4 is 0 Å². The van der Waals surface area contributed by atoms with Gasteiger partial charge in [0, 0.05) is 6.42 Å². The van der Waals surface area contributed by atoms with Gasteiger partial charge in [-0.05, 0) is 19.3 Å². The molecule has 0 heterocycles. The van der Waals surface area contributed by atoms with Gasteiger partial charge in [-0.3, -0.25) is 0 Å². The molecule has 4 heteroatoms. The lowest BCUT2D eigenvalue weighted by Gasteiger charge is -2.42. The van der Waals surface area contributed by atoms with Gasteiger partial charge in [-0.25, -0.2) is 0 Å². The Labute approximate surface area is 69.2 Å². The fourth-order valence-electron chi connectivity index (χ4n) is 1.57. The molecule has 0 bridgehead atoms. The van der Waals surface area contributed by atoms with Gasteiger partial charge in [0.15, 0.2) is 0 Å². The third kappa shape index (κ3) is 1.40. The molecule has 0 amide bonds. The minimum Gasteiger partial charge on any atom is -0.198 e. The Morgan fingerprint density at radius 1 is 1.33 bits per heavy atom. The summed E-state index contributed by atoms with van der Waals surface area (Å²) in [6, 6.07) is 1.76. The zero-order chi connectivity index (χ0) is 9.24. The molecule has 1 fully saturated rings. The van der Waals surface area contributed by atoms with Crippen LogP contribution in [0.1, 0.15) is 32.1 Å². The van der Waals surface area contributed by atoms with Crippen molar-refractivity contribution in [1.82, 2.24) is 0 Å². The van der Waals surface area contributed by atoms with E-state index in [0.29, 0.717) is 6.42 Å². The molecule has 1 saturated carbocycles. The van der Waals surface area contributed by atoms with Crippen molar-refractivity contribution in [2.45, 2.75) is 38.3 Å². The number of hydrogen-bond donors (Lipinski definition) is 0. The number of nitriles is 1. The monoisotopic (exact) mass is 177 g/mol. The van der Waals surface area contributed by atoms with Crippen LogP contribution in [0, 0.1) is 16.7 Å². The Bertz CT molecular complexity index is 197. The van der Waals surface area contributed by atoms with E-state index in [9.17, 15) is 13.2 Å². The highest BCUT2D eigenvalue weighted by Crippen LogP contribution is 2.55. The average molecular weight is 177 g/mol. The van der Waals surface area contributed by atoms with Crippen LogP contribution < -0.4 is 0 Å². The lowest BCUT2D eigenvalue weighted by atomic mass is 9.65. The van der Waals surface area contributed by atoms with Gasteiger partial charge < -0.3 is 0 Å². The molecule has 0 spiro atoms. The second kappa shape index (κ2) is 2.96. The van der Waals surface area contributed by atoms with E-state index in [4.69, 9.17) is 5.26 Å². The first-order valence-corrected chi connectivity index (χ1v) is 3.95. The molecule has 1 aliphatic rings. The summed E-state index contributed by atoms with van der Waals surface area (Å²) in [5.41, 5.74) is -1.51. The van der Waals surface area contributed by atoms with Gasteiger partial charge in [0.1, 0.15) is 0 Å². The molecular formula is C8H10F3N. The molecule has 1 nitrogen and oxygen atoms in total. The van der Waals surface area contributed by atoms with Crippen LogP contribution in [-0.2, 0) is 0 Å². The second-order valence-electron chi connectivity index (χ2n) is 3.29. The van der Waals surface area contributed by atoms with Gasteiger partial charge in [0.05, 0.1) is 11.5 Å². The number of hydrogen-bond acceptors (Lipinski definition) is 1. The molecule has 0 aliphatic heterocycles. The molecule has 68 valence electrons. The molecule has 0 aromatic heterocycles. The first-order valence-electron chi connectivity index (χ1n) is 3.95. The van der Waals surface area contributed by atoms with Gasteiger partial charge in [0.2, 0.25) is 0 Å². The highest BCUT2D eigenvalue weighted by molar-refractivity contribution is 4.95. The van der Waals surface area contributed by atoms with Crippen LogP contribution in [0.5, 0.6) is 0 Å². The van der Waals surface area contributed by atoms with E-state index in [0.717, 1.165) is 0 Å². The van der Waals surface area contributed by atoms with Crippen molar-refractivity contribution < 1.29 is 13.2 Å². The van der Waals surface area contributed by atoms with Crippen molar-refractivity contribution in [2.24, 2.45) is 5.41 Å². The van der Waals surface area contributed by atoms with Crippen LogP contribution in [0.2, 0.25) is 0 Å². The van der Waals surface area contributed by atoms with Crippen molar-refractivity contribution in [2.75, 3.05) is 0 Å². The number of rotatable bonds is 2. The predicted molar refractivity (Wildman–Crippen MR) is 37.2 cm³/mol. The third-order valence-electron chi connectivity index (χ3n) is 2.63. The molecule has 0 aromatic rings. The van der Waals surface area contributed by atoms with E-state index in [1.807, 2.05) is 0 Å². The normalized spacial score (nSPS) is 21.2. The second-order valence-corrected chi connectivity index (χ2v) is 3.29. The van der Waals surface area contributed by atoms with Crippen molar-refractivity contribution in [3.05, 3.63) is 0 Å². The Kier molecular flexibility index (Phi) is 2.31. The summed E-state index contributed by atoms with van der Waals surface area (Å²) in [7, 11) is 0. The molecule has 0 saturated heterocycles. The summed E-state index contributed by atoms with van der Waals surface area (Å²) in [5.74, 6) is 0. The van der Waals surface area contributed by atoms with Crippen LogP contribution in [0.4, 0.5) is 13.2 Å². The smallest absolute Gasteiger partial charge is 0.198 e. The first kappa shape index (κ1) is 9.37. The Hall–Kier alpha value is -0.720. The highest BCUT2D eigenvalue weighted by atomic mass is 19.4. The standard InChI is InChI=1S/C8H10F3N/c9-8(10,11)7(3-1-4-7)5-2-6-12/h1-5H2. The molecule has 12 heavy (non-hydrogen) atoms. The number of alkyl halides is 3. The van der Waals surface area contributed by atoms with Gasteiger partial charge >= 0.3 is 6.18 Å². The molecular weight excluding hydrogens is 167 g/mol. The molecule has 0 N–H and O–H groups in total. The molecule has 1 aliphatic carbocycles. The van der Waals surface area contributed by atoms with E-state index >= 15 is 0 Å². The minimum absolute atomic E-state index is 0.0134. The van der Waals surface area contributed by atoms with Crippen LogP contribution in [0.25, 0.3) is 0 Å². The number of halogens is 3. The maximum atomic E-state index is 12.4. The van der Waals surface area contributed by atoms with Crippen LogP contribution in [0.15, 0.2) is 0 Å². The van der Waals surface area contributed by atoms with Crippen molar-refractivity contribution in [1.29, 1.82) is 5.26 Å². The van der Waals surface area contributed by atoms with E-state index in [1.165, 1.54) is 0 Å². The summed E-state index contributed by atoms with van der Waals surface area (Å²) >= 11 is 0. The Balaban J connectivity index is 2.58. The van der Waals surface area contributed by atoms with E-state index < -0.39 is 11.6 Å². The Morgan fingerprint density at radius 3 is 2.17 bits per heavy atom. The SMILES string of the molecule is N#CCCC1(C(F)(F)F)CCC1. The Morgan fingerprint density at radius 2 is 1.92 bits per heavy atom. The van der Waals surface area contributed by atoms with Crippen molar-refractivity contribution in [3.8, 4) is 6.07 Å². The third-order valence-corrected chi connectivity index (χ3v) is 2.63. The summed E-state index contributed by atoms with van der Waals surface area (Å²) < 4.78 is 37.1. The van der Waals surface area contributed by atoms with Crippen LogP contribution in [-0.4, -0.2) is 6.18 Å². The minimum atomic E-state index is -4.11. The van der Waals surface area contributed by atoms with Crippen LogP contribution in [0.3, 0.4) is 0 Å². The summed E-state index contributed by atoms with van der Waals surface area (Å²) in [6.07, 6.45) is -3.06. The lowest BCUT2D eigenvalue weighted by Crippen LogP contribution is -2.43. The summed E-state index contributed by atoms with van der Waals surface area (Å²) in [5, 5.41) is 8.20. The fourth-order valence-corrected chi connectivity index (χ4v) is 1.57. The van der Waals surface area contributed by atoms with E-state index in [1.54, 1.807) is 6.07 Å². The van der Waals surface area contributed by atoms with Crippen LogP contribution >= 0.6 is 0 Å². The quantitative estimate of drug-likeness (QED) is 0.636. The van der Waals surface area contributed by atoms with Gasteiger partial charge in [-0.15, -0.1) is 0 Å². The summed E-state index contributed by atoms with van der Waals surface area (Å²) in [4.78, 5) is 0. The number of nitrogens with zero attached hydrogens (tertiary/aromatic N) is 1. The van der Waals surface area contributed by atoms with Gasteiger partial charge in [-0.1, -0.05) is 6.42 Å². The summed E-state index contributed by atoms with van der Waals surface area (Å²) in [6.45, 7) is 0. The maximum absolute atomic E-state index is 12.4. The molecule has 0 atom stereocenters. The lowest BCUT2D eigenvalue weighted by molar-refractivity contribution is -0.252. The molecule has 0 aromatic carbocycles. The fraction of sp³-hybridized carbons (Fsp3) is 0.875. The predicted octanol–water partition coefficient (Wildman–Crippen LogP) is 3.02. The largest absolute Gasteiger partial charge is 0.394 e. The average Bonchev–Trinajstić information content (AvgIpc) is 1.82. The topological polar surface area (TPSA) is 23.8 Å². The molecule has 0 unspecified atom stereocenters. The zero-order valence-electron chi connectivity index (χ0n) is 6.62. The molecule has 0 radical (unpaired) electrons. The maximum Gasteiger partial charge on any atom is 0.394 e. The first-order chi connectivity index (χ1) is 5.52.